The van der Waals surface area contributed by atoms with Gasteiger partial charge < -0.3 is 4.98 Å². The lowest BCUT2D eigenvalue weighted by molar-refractivity contribution is 0.0959. The minimum Gasteiger partial charge on any atom is -0.360 e. The van der Waals surface area contributed by atoms with Gasteiger partial charge in [-0.3, -0.25) is 4.79 Å². The maximum atomic E-state index is 13.8. The van der Waals surface area contributed by atoms with E-state index >= 15 is 0 Å². The number of carbonyl (C=O) groups is 1. The van der Waals surface area contributed by atoms with Crippen molar-refractivity contribution in [2.45, 2.75) is 19.3 Å². The predicted octanol–water partition coefficient (Wildman–Crippen LogP) is 4.66. The molecule has 0 radical (unpaired) electrons. The molecule has 0 aliphatic carbocycles. The molecule has 2 aromatic heterocycles. The molecule has 5 rings (SSSR count). The molecule has 5 aromatic rings. The van der Waals surface area contributed by atoms with Gasteiger partial charge in [-0.05, 0) is 40.6 Å². The van der Waals surface area contributed by atoms with Crippen molar-refractivity contribution in [2.24, 2.45) is 0 Å². The van der Waals surface area contributed by atoms with Gasteiger partial charge >= 0.3 is 0 Å². The van der Waals surface area contributed by atoms with Crippen LogP contribution in [0.3, 0.4) is 0 Å². The summed E-state index contributed by atoms with van der Waals surface area (Å²) in [7, 11) is 0. The van der Waals surface area contributed by atoms with Gasteiger partial charge in [-0.25, -0.2) is 0 Å². The quantitative estimate of drug-likeness (QED) is 0.415. The van der Waals surface area contributed by atoms with Crippen molar-refractivity contribution in [3.05, 3.63) is 108 Å². The summed E-state index contributed by atoms with van der Waals surface area (Å²) in [5.74, 6) is 0.286. The molecule has 1 atom stereocenters. The zero-order chi connectivity index (χ0) is 21.2. The van der Waals surface area contributed by atoms with E-state index in [-0.39, 0.29) is 5.78 Å². The number of aromatic nitrogens is 5. The number of hydrogen-bond acceptors (Lipinski definition) is 4. The number of nitrogens with one attached hydrogen (secondary N) is 1. The van der Waals surface area contributed by atoms with Gasteiger partial charge in [0.15, 0.2) is 11.6 Å². The Kier molecular flexibility index (Phi) is 4.88. The maximum absolute atomic E-state index is 13.8. The summed E-state index contributed by atoms with van der Waals surface area (Å²) in [5, 5.41) is 13.3. The van der Waals surface area contributed by atoms with Crippen LogP contribution in [0.5, 0.6) is 0 Å². The fraction of sp³-hybridized carbons (Fsp3) is 0.120. The van der Waals surface area contributed by atoms with E-state index in [2.05, 4.69) is 20.5 Å². The standard InChI is InChI=1S/C25H21N5O/c1-17-9-5-8-14-23(17)30-24(27-28-29-30)15-20(18-10-3-2-4-11-18)25(31)21-16-26-22-13-7-6-12-19(21)22/h2-14,16,20,26H,15H2,1H3. The number of ketones is 1. The summed E-state index contributed by atoms with van der Waals surface area (Å²) in [4.78, 5) is 17.0. The average Bonchev–Trinajstić information content (AvgIpc) is 3.45. The van der Waals surface area contributed by atoms with Crippen molar-refractivity contribution < 1.29 is 4.79 Å². The third kappa shape index (κ3) is 3.53. The molecule has 1 N–H and O–H groups in total. The predicted molar refractivity (Wildman–Crippen MR) is 119 cm³/mol. The van der Waals surface area contributed by atoms with Crippen LogP contribution in [0.1, 0.15) is 33.2 Å². The smallest absolute Gasteiger partial charge is 0.172 e. The normalized spacial score (nSPS) is 12.2. The van der Waals surface area contributed by atoms with E-state index in [0.29, 0.717) is 17.8 Å². The summed E-state index contributed by atoms with van der Waals surface area (Å²) in [5.41, 5.74) is 4.54. The van der Waals surface area contributed by atoms with Crippen LogP contribution in [0.4, 0.5) is 0 Å². The Morgan fingerprint density at radius 3 is 2.55 bits per heavy atom. The number of nitrogens with zero attached hydrogens (tertiary/aromatic N) is 4. The van der Waals surface area contributed by atoms with Crippen molar-refractivity contribution in [1.29, 1.82) is 0 Å². The van der Waals surface area contributed by atoms with Crippen LogP contribution in [0.25, 0.3) is 16.6 Å². The van der Waals surface area contributed by atoms with Gasteiger partial charge in [-0.1, -0.05) is 66.7 Å². The lowest BCUT2D eigenvalue weighted by Gasteiger charge is -2.16. The Morgan fingerprint density at radius 1 is 0.968 bits per heavy atom. The first-order valence-electron chi connectivity index (χ1n) is 10.2. The molecule has 0 amide bonds. The molecule has 0 saturated carbocycles. The second kappa shape index (κ2) is 7.99. The SMILES string of the molecule is Cc1ccccc1-n1nnnc1CC(C(=O)c1c[nH]c2ccccc12)c1ccccc1. The van der Waals surface area contributed by atoms with Crippen LogP contribution in [0.2, 0.25) is 0 Å². The molecule has 152 valence electrons. The molecule has 6 nitrogen and oxygen atoms in total. The zero-order valence-electron chi connectivity index (χ0n) is 17.1. The Bertz CT molecular complexity index is 1350. The number of fused-ring (bicyclic) bond motifs is 1. The van der Waals surface area contributed by atoms with Crippen molar-refractivity contribution in [3.8, 4) is 5.69 Å². The molecule has 0 aliphatic heterocycles. The third-order valence-corrected chi connectivity index (χ3v) is 5.64. The molecule has 0 saturated heterocycles. The lowest BCUT2D eigenvalue weighted by Crippen LogP contribution is -2.18. The zero-order valence-corrected chi connectivity index (χ0v) is 17.1. The molecule has 0 fully saturated rings. The van der Waals surface area contributed by atoms with Crippen LogP contribution in [-0.2, 0) is 6.42 Å². The summed E-state index contributed by atoms with van der Waals surface area (Å²) in [6, 6.07) is 25.6. The van der Waals surface area contributed by atoms with Gasteiger partial charge in [-0.2, -0.15) is 4.68 Å². The van der Waals surface area contributed by atoms with Crippen molar-refractivity contribution in [2.75, 3.05) is 0 Å². The summed E-state index contributed by atoms with van der Waals surface area (Å²) >= 11 is 0. The Morgan fingerprint density at radius 2 is 1.71 bits per heavy atom. The van der Waals surface area contributed by atoms with Crippen molar-refractivity contribution in [1.82, 2.24) is 25.2 Å². The Balaban J connectivity index is 1.57. The fourth-order valence-electron chi connectivity index (χ4n) is 4.01. The number of Topliss-reactive ketones (excluding diaryl/α,β-unsaturated/α-hetero) is 1. The lowest BCUT2D eigenvalue weighted by atomic mass is 9.87. The van der Waals surface area contributed by atoms with E-state index in [4.69, 9.17) is 0 Å². The highest BCUT2D eigenvalue weighted by Gasteiger charge is 2.27. The van der Waals surface area contributed by atoms with E-state index in [0.717, 1.165) is 27.7 Å². The van der Waals surface area contributed by atoms with Gasteiger partial charge in [0.2, 0.25) is 0 Å². The minimum atomic E-state index is -0.408. The number of para-hydroxylation sites is 2. The van der Waals surface area contributed by atoms with Gasteiger partial charge in [0.05, 0.1) is 11.6 Å². The van der Waals surface area contributed by atoms with Gasteiger partial charge in [0.25, 0.3) is 0 Å². The van der Waals surface area contributed by atoms with E-state index in [1.165, 1.54) is 0 Å². The largest absolute Gasteiger partial charge is 0.360 e. The van der Waals surface area contributed by atoms with E-state index in [1.807, 2.05) is 85.8 Å². The molecule has 6 heteroatoms. The molecule has 0 spiro atoms. The Labute approximate surface area is 179 Å². The van der Waals surface area contributed by atoms with Gasteiger partial charge in [0.1, 0.15) is 0 Å². The first-order valence-corrected chi connectivity index (χ1v) is 10.2. The Hall–Kier alpha value is -4.06. The number of carbonyl (C=O) groups excluding carboxylic acids is 1. The first-order chi connectivity index (χ1) is 15.2. The maximum Gasteiger partial charge on any atom is 0.172 e. The summed E-state index contributed by atoms with van der Waals surface area (Å²) in [6.07, 6.45) is 2.19. The van der Waals surface area contributed by atoms with Crippen LogP contribution in [0, 0.1) is 6.92 Å². The summed E-state index contributed by atoms with van der Waals surface area (Å²) in [6.45, 7) is 2.02. The molecule has 3 aromatic carbocycles. The number of benzene rings is 3. The number of rotatable bonds is 6. The minimum absolute atomic E-state index is 0.0444. The van der Waals surface area contributed by atoms with Crippen molar-refractivity contribution >= 4 is 16.7 Å². The molecular formula is C25H21N5O. The second-order valence-corrected chi connectivity index (χ2v) is 7.57. The highest BCUT2D eigenvalue weighted by molar-refractivity contribution is 6.10. The fourth-order valence-corrected chi connectivity index (χ4v) is 4.01. The molecule has 0 aliphatic rings. The van der Waals surface area contributed by atoms with Crippen LogP contribution >= 0.6 is 0 Å². The van der Waals surface area contributed by atoms with Crippen LogP contribution in [-0.4, -0.2) is 31.0 Å². The highest BCUT2D eigenvalue weighted by Crippen LogP contribution is 2.29. The molecule has 31 heavy (non-hydrogen) atoms. The average molecular weight is 407 g/mol. The third-order valence-electron chi connectivity index (χ3n) is 5.64. The number of hydrogen-bond donors (Lipinski definition) is 1. The number of aryl methyl sites for hydroxylation is 1. The number of H-pyrrole nitrogens is 1. The van der Waals surface area contributed by atoms with E-state index in [1.54, 1.807) is 10.9 Å². The topological polar surface area (TPSA) is 76.5 Å². The second-order valence-electron chi connectivity index (χ2n) is 7.57. The number of aromatic amines is 1. The number of tetrazole rings is 1. The molecule has 2 heterocycles. The molecular weight excluding hydrogens is 386 g/mol. The van der Waals surface area contributed by atoms with E-state index < -0.39 is 5.92 Å². The van der Waals surface area contributed by atoms with Crippen molar-refractivity contribution in [3.63, 3.8) is 0 Å². The van der Waals surface area contributed by atoms with Crippen LogP contribution in [0.15, 0.2) is 85.1 Å². The van der Waals surface area contributed by atoms with Gasteiger partial charge in [-0.15, -0.1) is 5.10 Å². The monoisotopic (exact) mass is 407 g/mol. The molecule has 0 bridgehead atoms. The van der Waals surface area contributed by atoms with E-state index in [9.17, 15) is 4.79 Å². The van der Waals surface area contributed by atoms with Crippen LogP contribution < -0.4 is 0 Å². The first kappa shape index (κ1) is 18.9. The van der Waals surface area contributed by atoms with Gasteiger partial charge in [0, 0.05) is 29.1 Å². The summed E-state index contributed by atoms with van der Waals surface area (Å²) < 4.78 is 1.73. The molecule has 1 unspecified atom stereocenters. The highest BCUT2D eigenvalue weighted by atomic mass is 16.1.